The van der Waals surface area contributed by atoms with E-state index in [1.807, 2.05) is 20.6 Å². The molecule has 0 N–H and O–H groups in total. The molecule has 0 bridgehead atoms. The van der Waals surface area contributed by atoms with Gasteiger partial charge in [0.25, 0.3) is 0 Å². The molecule has 0 rings (SSSR count). The molecule has 0 aliphatic heterocycles. The standard InChI is InChI=1S/C6H17NO2Si/c1-7(2)6-10(5,8-3)9-4/h6H2,1-5H3. The minimum absolute atomic E-state index is 0.903. The fourth-order valence-corrected chi connectivity index (χ4v) is 2.36. The Kier molecular flexibility index (Phi) is 4.11. The Morgan fingerprint density at radius 3 is 1.70 bits per heavy atom. The molecule has 62 valence electrons. The Bertz CT molecular complexity index is 93.7. The van der Waals surface area contributed by atoms with Gasteiger partial charge in [0.05, 0.1) is 0 Å². The van der Waals surface area contributed by atoms with Crippen molar-refractivity contribution in [2.75, 3.05) is 34.5 Å². The number of rotatable bonds is 4. The lowest BCUT2D eigenvalue weighted by Gasteiger charge is -2.25. The van der Waals surface area contributed by atoms with Crippen LogP contribution >= 0.6 is 0 Å². The molecule has 0 saturated carbocycles. The maximum absolute atomic E-state index is 5.27. The molecule has 0 heterocycles. The van der Waals surface area contributed by atoms with Gasteiger partial charge in [0.1, 0.15) is 0 Å². The second-order valence-corrected chi connectivity index (χ2v) is 6.18. The van der Waals surface area contributed by atoms with Gasteiger partial charge in [-0.15, -0.1) is 0 Å². The van der Waals surface area contributed by atoms with Crippen LogP contribution in [0.2, 0.25) is 6.55 Å². The molecule has 0 spiro atoms. The molecule has 0 aliphatic carbocycles. The summed E-state index contributed by atoms with van der Waals surface area (Å²) in [5, 5.41) is 0. The summed E-state index contributed by atoms with van der Waals surface area (Å²) in [5.74, 6) is 0. The van der Waals surface area contributed by atoms with Crippen LogP contribution in [-0.2, 0) is 8.85 Å². The summed E-state index contributed by atoms with van der Waals surface area (Å²) in [4.78, 5) is 2.08. The van der Waals surface area contributed by atoms with Crippen molar-refractivity contribution in [3.05, 3.63) is 0 Å². The highest BCUT2D eigenvalue weighted by Crippen LogP contribution is 2.03. The zero-order valence-corrected chi connectivity index (χ0v) is 8.47. The molecule has 0 unspecified atom stereocenters. The zero-order chi connectivity index (χ0) is 8.20. The topological polar surface area (TPSA) is 21.7 Å². The van der Waals surface area contributed by atoms with Crippen molar-refractivity contribution in [3.63, 3.8) is 0 Å². The van der Waals surface area contributed by atoms with E-state index >= 15 is 0 Å². The third kappa shape index (κ3) is 3.31. The highest BCUT2D eigenvalue weighted by molar-refractivity contribution is 6.66. The van der Waals surface area contributed by atoms with Crippen LogP contribution < -0.4 is 0 Å². The van der Waals surface area contributed by atoms with Crippen molar-refractivity contribution in [3.8, 4) is 0 Å². The van der Waals surface area contributed by atoms with E-state index in [1.54, 1.807) is 14.2 Å². The van der Waals surface area contributed by atoms with Gasteiger partial charge >= 0.3 is 8.56 Å². The SMILES string of the molecule is CO[Si](C)(CN(C)C)OC. The third-order valence-corrected chi connectivity index (χ3v) is 4.40. The number of hydrogen-bond acceptors (Lipinski definition) is 3. The normalized spacial score (nSPS) is 12.6. The monoisotopic (exact) mass is 163 g/mol. The van der Waals surface area contributed by atoms with E-state index < -0.39 is 8.56 Å². The van der Waals surface area contributed by atoms with E-state index in [0.29, 0.717) is 0 Å². The van der Waals surface area contributed by atoms with E-state index in [4.69, 9.17) is 8.85 Å². The second-order valence-electron chi connectivity index (χ2n) is 2.78. The lowest BCUT2D eigenvalue weighted by Crippen LogP contribution is -2.46. The highest BCUT2D eigenvalue weighted by Gasteiger charge is 2.29. The van der Waals surface area contributed by atoms with Crippen molar-refractivity contribution in [2.24, 2.45) is 0 Å². The van der Waals surface area contributed by atoms with E-state index in [-0.39, 0.29) is 0 Å². The number of hydrogen-bond donors (Lipinski definition) is 0. The van der Waals surface area contributed by atoms with E-state index in [2.05, 4.69) is 4.90 Å². The van der Waals surface area contributed by atoms with E-state index in [1.165, 1.54) is 0 Å². The molecule has 10 heavy (non-hydrogen) atoms. The fraction of sp³-hybridized carbons (Fsp3) is 1.00. The molecule has 0 atom stereocenters. The predicted molar refractivity (Wildman–Crippen MR) is 44.2 cm³/mol. The Morgan fingerprint density at radius 1 is 1.20 bits per heavy atom. The molecule has 0 radical (unpaired) electrons. The Morgan fingerprint density at radius 2 is 1.60 bits per heavy atom. The first kappa shape index (κ1) is 10.1. The first-order valence-corrected chi connectivity index (χ1v) is 5.81. The molecule has 0 aliphatic rings. The quantitative estimate of drug-likeness (QED) is 0.562. The van der Waals surface area contributed by atoms with Crippen LogP contribution in [0.1, 0.15) is 0 Å². The molecular weight excluding hydrogens is 146 g/mol. The van der Waals surface area contributed by atoms with Crippen LogP contribution in [0.5, 0.6) is 0 Å². The average Bonchev–Trinajstić information content (AvgIpc) is 1.87. The Labute approximate surface area is 64.2 Å². The average molecular weight is 163 g/mol. The highest BCUT2D eigenvalue weighted by atomic mass is 28.4. The first-order valence-electron chi connectivity index (χ1n) is 3.29. The van der Waals surface area contributed by atoms with Crippen molar-refractivity contribution >= 4 is 8.56 Å². The van der Waals surface area contributed by atoms with Crippen molar-refractivity contribution < 1.29 is 8.85 Å². The van der Waals surface area contributed by atoms with Gasteiger partial charge in [0.2, 0.25) is 0 Å². The van der Waals surface area contributed by atoms with Crippen LogP contribution in [-0.4, -0.2) is 47.9 Å². The molecule has 0 amide bonds. The van der Waals surface area contributed by atoms with Gasteiger partial charge in [-0.2, -0.15) is 0 Å². The van der Waals surface area contributed by atoms with Crippen molar-refractivity contribution in [1.82, 2.24) is 4.90 Å². The minimum Gasteiger partial charge on any atom is -0.397 e. The third-order valence-electron chi connectivity index (χ3n) is 1.47. The van der Waals surface area contributed by atoms with E-state index in [0.717, 1.165) is 6.17 Å². The molecule has 0 fully saturated rings. The summed E-state index contributed by atoms with van der Waals surface area (Å²) in [5.41, 5.74) is 0. The molecule has 4 heteroatoms. The van der Waals surface area contributed by atoms with Crippen LogP contribution in [0.25, 0.3) is 0 Å². The summed E-state index contributed by atoms with van der Waals surface area (Å²) in [7, 11) is 5.61. The molecule has 0 aromatic carbocycles. The second kappa shape index (κ2) is 4.08. The zero-order valence-electron chi connectivity index (χ0n) is 7.47. The largest absolute Gasteiger partial charge is 0.397 e. The summed E-state index contributed by atoms with van der Waals surface area (Å²) < 4.78 is 10.5. The molecular formula is C6H17NO2Si. The van der Waals surface area contributed by atoms with Gasteiger partial charge in [-0.25, -0.2) is 0 Å². The Balaban J connectivity index is 3.80. The smallest absolute Gasteiger partial charge is 0.348 e. The van der Waals surface area contributed by atoms with Gasteiger partial charge in [0.15, 0.2) is 0 Å². The van der Waals surface area contributed by atoms with Crippen LogP contribution in [0.15, 0.2) is 0 Å². The van der Waals surface area contributed by atoms with Crippen LogP contribution in [0.4, 0.5) is 0 Å². The van der Waals surface area contributed by atoms with Gasteiger partial charge in [-0.05, 0) is 20.6 Å². The predicted octanol–water partition coefficient (Wildman–Crippen LogP) is 0.452. The van der Waals surface area contributed by atoms with Gasteiger partial charge in [-0.1, -0.05) is 0 Å². The fourth-order valence-electron chi connectivity index (χ4n) is 0.787. The van der Waals surface area contributed by atoms with Gasteiger partial charge < -0.3 is 13.8 Å². The van der Waals surface area contributed by atoms with E-state index in [9.17, 15) is 0 Å². The summed E-state index contributed by atoms with van der Waals surface area (Å²) in [6, 6.07) is 0. The van der Waals surface area contributed by atoms with Crippen LogP contribution in [0, 0.1) is 0 Å². The van der Waals surface area contributed by atoms with Gasteiger partial charge in [-0.3, -0.25) is 0 Å². The maximum atomic E-state index is 5.27. The summed E-state index contributed by atoms with van der Waals surface area (Å²) >= 11 is 0. The van der Waals surface area contributed by atoms with Crippen molar-refractivity contribution in [1.29, 1.82) is 0 Å². The Hall–Kier alpha value is 0.0969. The van der Waals surface area contributed by atoms with Gasteiger partial charge in [0, 0.05) is 20.4 Å². The van der Waals surface area contributed by atoms with Crippen LogP contribution in [0.3, 0.4) is 0 Å². The first-order chi connectivity index (χ1) is 4.54. The minimum atomic E-state index is -1.83. The molecule has 0 saturated heterocycles. The lowest BCUT2D eigenvalue weighted by molar-refractivity contribution is 0.230. The summed E-state index contributed by atoms with van der Waals surface area (Å²) in [6.45, 7) is 2.05. The van der Waals surface area contributed by atoms with Crippen molar-refractivity contribution in [2.45, 2.75) is 6.55 Å². The maximum Gasteiger partial charge on any atom is 0.348 e. The molecule has 0 aromatic heterocycles. The molecule has 0 aromatic rings. The molecule has 3 nitrogen and oxygen atoms in total. The summed E-state index contributed by atoms with van der Waals surface area (Å²) in [6.07, 6.45) is 0.903. The lowest BCUT2D eigenvalue weighted by atomic mass is 11.0. The number of nitrogens with zero attached hydrogens (tertiary/aromatic N) is 1.